The van der Waals surface area contributed by atoms with Gasteiger partial charge < -0.3 is 0 Å². The lowest BCUT2D eigenvalue weighted by molar-refractivity contribution is -0.113. The highest BCUT2D eigenvalue weighted by Crippen LogP contribution is 2.36. The third-order valence-corrected chi connectivity index (χ3v) is 4.50. The van der Waals surface area contributed by atoms with E-state index in [1.54, 1.807) is 18.2 Å². The molecular weight excluding hydrogens is 317 g/mol. The van der Waals surface area contributed by atoms with Crippen LogP contribution in [0.4, 0.5) is 10.1 Å². The van der Waals surface area contributed by atoms with Gasteiger partial charge in [-0.3, -0.25) is 9.69 Å². The summed E-state index contributed by atoms with van der Waals surface area (Å²) in [5.41, 5.74) is 2.45. The zero-order valence-corrected chi connectivity index (χ0v) is 13.4. The molecule has 22 heavy (non-hydrogen) atoms. The number of nitrogens with zero attached hydrogens (tertiary/aromatic N) is 1. The number of amides is 1. The number of halogens is 1. The van der Waals surface area contributed by atoms with E-state index in [2.05, 4.69) is 0 Å². The van der Waals surface area contributed by atoms with Crippen LogP contribution < -0.4 is 4.90 Å². The molecule has 0 radical (unpaired) electrons. The number of hydrogen-bond donors (Lipinski definition) is 0. The highest BCUT2D eigenvalue weighted by atomic mass is 32.2. The molecule has 1 fully saturated rings. The number of carbonyl (C=O) groups is 1. The molecule has 0 unspecified atom stereocenters. The molecule has 1 aliphatic heterocycles. The summed E-state index contributed by atoms with van der Waals surface area (Å²) in [4.78, 5) is 14.6. The number of anilines is 1. The van der Waals surface area contributed by atoms with Gasteiger partial charge in [-0.2, -0.15) is 0 Å². The van der Waals surface area contributed by atoms with Gasteiger partial charge >= 0.3 is 0 Å². The second kappa shape index (κ2) is 6.02. The van der Waals surface area contributed by atoms with E-state index in [0.29, 0.717) is 14.8 Å². The normalized spacial score (nSPS) is 16.6. The Labute approximate surface area is 137 Å². The molecule has 0 bridgehead atoms. The minimum absolute atomic E-state index is 0.176. The fourth-order valence-electron chi connectivity index (χ4n) is 2.21. The Hall–Kier alpha value is -1.98. The van der Waals surface area contributed by atoms with Crippen molar-refractivity contribution >= 4 is 46.0 Å². The molecule has 1 amide bonds. The van der Waals surface area contributed by atoms with Gasteiger partial charge in [-0.05, 0) is 48.4 Å². The number of thioether (sulfide) groups is 1. The number of carbonyl (C=O) groups excluding carboxylic acids is 1. The molecule has 0 atom stereocenters. The molecular formula is C17H12FNOS2. The molecule has 2 nitrogen and oxygen atoms in total. The van der Waals surface area contributed by atoms with Crippen molar-refractivity contribution in [1.82, 2.24) is 0 Å². The molecule has 0 aliphatic carbocycles. The second-order valence-corrected chi connectivity index (χ2v) is 6.59. The summed E-state index contributed by atoms with van der Waals surface area (Å²) in [5.74, 6) is -0.507. The molecule has 5 heteroatoms. The molecule has 1 heterocycles. The average molecular weight is 329 g/mol. The highest BCUT2D eigenvalue weighted by molar-refractivity contribution is 8.27. The lowest BCUT2D eigenvalue weighted by atomic mass is 10.2. The van der Waals surface area contributed by atoms with Gasteiger partial charge in [-0.15, -0.1) is 0 Å². The fourth-order valence-corrected chi connectivity index (χ4v) is 3.50. The summed E-state index contributed by atoms with van der Waals surface area (Å²) < 4.78 is 13.7. The van der Waals surface area contributed by atoms with Crippen LogP contribution in [0, 0.1) is 12.7 Å². The van der Waals surface area contributed by atoms with Crippen LogP contribution in [0.5, 0.6) is 0 Å². The van der Waals surface area contributed by atoms with Crippen molar-refractivity contribution in [3.8, 4) is 0 Å². The van der Waals surface area contributed by atoms with Crippen molar-refractivity contribution in [1.29, 1.82) is 0 Å². The van der Waals surface area contributed by atoms with E-state index < -0.39 is 0 Å². The Morgan fingerprint density at radius 1 is 1.18 bits per heavy atom. The lowest BCUT2D eigenvalue weighted by Gasteiger charge is -2.14. The summed E-state index contributed by atoms with van der Waals surface area (Å²) in [6.07, 6.45) is 1.66. The van der Waals surface area contributed by atoms with E-state index in [1.165, 1.54) is 28.8 Å². The summed E-state index contributed by atoms with van der Waals surface area (Å²) in [6.45, 7) is 1.96. The van der Waals surface area contributed by atoms with Gasteiger partial charge in [0.2, 0.25) is 0 Å². The van der Waals surface area contributed by atoms with Crippen LogP contribution in [-0.2, 0) is 4.79 Å². The van der Waals surface area contributed by atoms with Crippen molar-refractivity contribution in [2.24, 2.45) is 0 Å². The van der Waals surface area contributed by atoms with Crippen LogP contribution in [0.3, 0.4) is 0 Å². The predicted molar refractivity (Wildman–Crippen MR) is 93.2 cm³/mol. The maximum Gasteiger partial charge on any atom is 0.270 e. The minimum Gasteiger partial charge on any atom is -0.268 e. The summed E-state index contributed by atoms with van der Waals surface area (Å²) in [5, 5.41) is 0. The quantitative estimate of drug-likeness (QED) is 0.596. The van der Waals surface area contributed by atoms with Gasteiger partial charge in [0.05, 0.1) is 10.6 Å². The Morgan fingerprint density at radius 2 is 1.95 bits per heavy atom. The van der Waals surface area contributed by atoms with E-state index >= 15 is 0 Å². The van der Waals surface area contributed by atoms with E-state index in [4.69, 9.17) is 12.2 Å². The maximum atomic E-state index is 13.2. The molecule has 0 N–H and O–H groups in total. The topological polar surface area (TPSA) is 20.3 Å². The van der Waals surface area contributed by atoms with E-state index in [9.17, 15) is 9.18 Å². The zero-order valence-electron chi connectivity index (χ0n) is 11.7. The van der Waals surface area contributed by atoms with Crippen LogP contribution in [0.25, 0.3) is 6.08 Å². The SMILES string of the molecule is Cc1cccc(N2C(=O)/C(=C/c3cccc(F)c3)SC2=S)c1. The molecule has 110 valence electrons. The van der Waals surface area contributed by atoms with Crippen molar-refractivity contribution in [2.75, 3.05) is 4.90 Å². The number of rotatable bonds is 2. The van der Waals surface area contributed by atoms with Crippen molar-refractivity contribution in [2.45, 2.75) is 6.92 Å². The van der Waals surface area contributed by atoms with Crippen LogP contribution >= 0.6 is 24.0 Å². The largest absolute Gasteiger partial charge is 0.270 e. The highest BCUT2D eigenvalue weighted by Gasteiger charge is 2.33. The molecule has 2 aromatic carbocycles. The molecule has 0 aromatic heterocycles. The van der Waals surface area contributed by atoms with Crippen molar-refractivity contribution in [3.05, 3.63) is 70.4 Å². The second-order valence-electron chi connectivity index (χ2n) is 4.91. The first-order valence-electron chi connectivity index (χ1n) is 6.65. The van der Waals surface area contributed by atoms with Gasteiger partial charge in [0, 0.05) is 0 Å². The Bertz CT molecular complexity index is 801. The van der Waals surface area contributed by atoms with Crippen LogP contribution in [-0.4, -0.2) is 10.2 Å². The molecule has 0 saturated carbocycles. The predicted octanol–water partition coefficient (Wildman–Crippen LogP) is 4.54. The molecule has 0 spiro atoms. The van der Waals surface area contributed by atoms with E-state index in [-0.39, 0.29) is 11.7 Å². The number of benzene rings is 2. The maximum absolute atomic E-state index is 13.2. The molecule has 3 rings (SSSR count). The number of aryl methyl sites for hydroxylation is 1. The lowest BCUT2D eigenvalue weighted by Crippen LogP contribution is -2.27. The number of thiocarbonyl (C=S) groups is 1. The molecule has 1 saturated heterocycles. The first kappa shape index (κ1) is 14.9. The zero-order chi connectivity index (χ0) is 15.7. The molecule has 1 aliphatic rings. The Balaban J connectivity index is 1.95. The van der Waals surface area contributed by atoms with Crippen LogP contribution in [0.15, 0.2) is 53.4 Å². The smallest absolute Gasteiger partial charge is 0.268 e. The van der Waals surface area contributed by atoms with E-state index in [0.717, 1.165) is 11.3 Å². The van der Waals surface area contributed by atoms with Gasteiger partial charge in [-0.25, -0.2) is 4.39 Å². The Kier molecular flexibility index (Phi) is 4.09. The van der Waals surface area contributed by atoms with Gasteiger partial charge in [0.1, 0.15) is 5.82 Å². The first-order chi connectivity index (χ1) is 10.5. The summed E-state index contributed by atoms with van der Waals surface area (Å²) in [7, 11) is 0. The van der Waals surface area contributed by atoms with Crippen molar-refractivity contribution in [3.63, 3.8) is 0 Å². The third-order valence-electron chi connectivity index (χ3n) is 3.20. The fraction of sp³-hybridized carbons (Fsp3) is 0.0588. The third kappa shape index (κ3) is 2.96. The van der Waals surface area contributed by atoms with Crippen molar-refractivity contribution < 1.29 is 9.18 Å². The minimum atomic E-state index is -0.331. The summed E-state index contributed by atoms with van der Waals surface area (Å²) in [6, 6.07) is 13.7. The Morgan fingerprint density at radius 3 is 2.68 bits per heavy atom. The standard InChI is InChI=1S/C17H12FNOS2/c1-11-4-2-7-14(8-11)19-16(20)15(22-17(19)21)10-12-5-3-6-13(18)9-12/h2-10H,1H3/b15-10-. The van der Waals surface area contributed by atoms with Crippen LogP contribution in [0.2, 0.25) is 0 Å². The van der Waals surface area contributed by atoms with Crippen LogP contribution in [0.1, 0.15) is 11.1 Å². The van der Waals surface area contributed by atoms with Gasteiger partial charge in [-0.1, -0.05) is 48.2 Å². The van der Waals surface area contributed by atoms with Gasteiger partial charge in [0.25, 0.3) is 5.91 Å². The number of hydrogen-bond acceptors (Lipinski definition) is 3. The van der Waals surface area contributed by atoms with E-state index in [1.807, 2.05) is 31.2 Å². The molecule has 2 aromatic rings. The monoisotopic (exact) mass is 329 g/mol. The van der Waals surface area contributed by atoms with Gasteiger partial charge in [0.15, 0.2) is 4.32 Å². The summed E-state index contributed by atoms with van der Waals surface area (Å²) >= 11 is 6.54. The first-order valence-corrected chi connectivity index (χ1v) is 7.87. The average Bonchev–Trinajstić information content (AvgIpc) is 2.73.